The van der Waals surface area contributed by atoms with E-state index in [-0.39, 0.29) is 5.91 Å². The van der Waals surface area contributed by atoms with Gasteiger partial charge in [-0.3, -0.25) is 4.79 Å². The molecule has 1 fully saturated rings. The maximum Gasteiger partial charge on any atom is 0.246 e. The molecule has 0 radical (unpaired) electrons. The van der Waals surface area contributed by atoms with Gasteiger partial charge >= 0.3 is 0 Å². The van der Waals surface area contributed by atoms with Crippen LogP contribution in [0.4, 0.5) is 5.82 Å². The van der Waals surface area contributed by atoms with E-state index in [9.17, 15) is 4.79 Å². The summed E-state index contributed by atoms with van der Waals surface area (Å²) in [5.41, 5.74) is 4.57. The van der Waals surface area contributed by atoms with E-state index < -0.39 is 0 Å². The van der Waals surface area contributed by atoms with E-state index in [4.69, 9.17) is 0 Å². The standard InChI is InChI=1S/C25H29N3O/c1-19-9-11-23-17-22(18-26-25(23)27-19)10-12-24(29)28-14-5-8-21(13-15-28)16-20-6-3-2-4-7-20/h2-4,6-7,10,12,17-18,21H,1,5,8-9,11,13-16H2,(H,26,27)/b12-10+. The second-order valence-corrected chi connectivity index (χ2v) is 8.15. The summed E-state index contributed by atoms with van der Waals surface area (Å²) in [6.45, 7) is 5.66. The van der Waals surface area contributed by atoms with Crippen molar-refractivity contribution in [3.8, 4) is 0 Å². The maximum absolute atomic E-state index is 12.7. The Bertz CT molecular complexity index is 904. The number of hydrogen-bond donors (Lipinski definition) is 1. The van der Waals surface area contributed by atoms with Crippen LogP contribution in [0.1, 0.15) is 42.4 Å². The quantitative estimate of drug-likeness (QED) is 0.764. The highest BCUT2D eigenvalue weighted by molar-refractivity contribution is 5.91. The molecule has 2 aliphatic heterocycles. The van der Waals surface area contributed by atoms with Gasteiger partial charge in [0.25, 0.3) is 0 Å². The lowest BCUT2D eigenvalue weighted by molar-refractivity contribution is -0.125. The Morgan fingerprint density at radius 1 is 1.21 bits per heavy atom. The van der Waals surface area contributed by atoms with Gasteiger partial charge < -0.3 is 10.2 Å². The Morgan fingerprint density at radius 3 is 2.93 bits per heavy atom. The van der Waals surface area contributed by atoms with Crippen LogP contribution >= 0.6 is 0 Å². The van der Waals surface area contributed by atoms with Gasteiger partial charge in [-0.1, -0.05) is 36.9 Å². The second kappa shape index (κ2) is 9.08. The molecule has 1 aromatic carbocycles. The van der Waals surface area contributed by atoms with Crippen molar-refractivity contribution in [2.45, 2.75) is 38.5 Å². The van der Waals surface area contributed by atoms with Crippen molar-refractivity contribution < 1.29 is 4.79 Å². The van der Waals surface area contributed by atoms with E-state index in [0.29, 0.717) is 5.92 Å². The topological polar surface area (TPSA) is 45.2 Å². The molecule has 2 aliphatic rings. The van der Waals surface area contributed by atoms with Crippen LogP contribution in [-0.2, 0) is 17.6 Å². The Balaban J connectivity index is 1.33. The summed E-state index contributed by atoms with van der Waals surface area (Å²) in [6.07, 6.45) is 11.7. The zero-order valence-corrected chi connectivity index (χ0v) is 16.9. The van der Waals surface area contributed by atoms with Crippen molar-refractivity contribution in [2.75, 3.05) is 18.4 Å². The van der Waals surface area contributed by atoms with Crippen LogP contribution in [0.2, 0.25) is 0 Å². The molecule has 4 nitrogen and oxygen atoms in total. The minimum atomic E-state index is 0.106. The number of fused-ring (bicyclic) bond motifs is 1. The molecule has 1 atom stereocenters. The molecule has 29 heavy (non-hydrogen) atoms. The second-order valence-electron chi connectivity index (χ2n) is 8.15. The Labute approximate surface area is 173 Å². The van der Waals surface area contributed by atoms with Crippen molar-refractivity contribution in [3.63, 3.8) is 0 Å². The average Bonchev–Trinajstić information content (AvgIpc) is 2.98. The Hall–Kier alpha value is -2.88. The molecule has 4 heteroatoms. The van der Waals surface area contributed by atoms with Crippen LogP contribution in [0.3, 0.4) is 0 Å². The van der Waals surface area contributed by atoms with Crippen molar-refractivity contribution in [3.05, 3.63) is 77.6 Å². The summed E-state index contributed by atoms with van der Waals surface area (Å²) < 4.78 is 0. The number of pyridine rings is 1. The largest absolute Gasteiger partial charge is 0.344 e. The lowest BCUT2D eigenvalue weighted by Gasteiger charge is -2.19. The molecule has 0 bridgehead atoms. The predicted molar refractivity (Wildman–Crippen MR) is 118 cm³/mol. The third-order valence-electron chi connectivity index (χ3n) is 5.92. The summed E-state index contributed by atoms with van der Waals surface area (Å²) in [5, 5.41) is 3.23. The van der Waals surface area contributed by atoms with Gasteiger partial charge in [0, 0.05) is 31.1 Å². The normalized spacial score (nSPS) is 19.5. The molecule has 1 N–H and O–H groups in total. The molecule has 0 aliphatic carbocycles. The molecule has 1 unspecified atom stereocenters. The number of likely N-dealkylation sites (tertiary alicyclic amines) is 1. The zero-order valence-electron chi connectivity index (χ0n) is 16.9. The molecular weight excluding hydrogens is 358 g/mol. The highest BCUT2D eigenvalue weighted by Gasteiger charge is 2.19. The summed E-state index contributed by atoms with van der Waals surface area (Å²) in [6, 6.07) is 12.8. The van der Waals surface area contributed by atoms with Crippen molar-refractivity contribution in [1.82, 2.24) is 9.88 Å². The van der Waals surface area contributed by atoms with E-state index in [1.54, 1.807) is 6.08 Å². The van der Waals surface area contributed by atoms with Crippen molar-refractivity contribution >= 4 is 17.8 Å². The van der Waals surface area contributed by atoms with Crippen LogP contribution in [0.5, 0.6) is 0 Å². The number of aromatic nitrogens is 1. The Kier molecular flexibility index (Phi) is 6.09. The minimum absolute atomic E-state index is 0.106. The molecule has 1 saturated heterocycles. The van der Waals surface area contributed by atoms with Gasteiger partial charge in [-0.2, -0.15) is 0 Å². The summed E-state index contributed by atoms with van der Waals surface area (Å²) in [4.78, 5) is 19.2. The number of benzene rings is 1. The van der Waals surface area contributed by atoms with Crippen molar-refractivity contribution in [1.29, 1.82) is 0 Å². The Morgan fingerprint density at radius 2 is 2.07 bits per heavy atom. The fourth-order valence-corrected chi connectivity index (χ4v) is 4.25. The summed E-state index contributed by atoms with van der Waals surface area (Å²) >= 11 is 0. The number of carbonyl (C=O) groups is 1. The number of anilines is 1. The lowest BCUT2D eigenvalue weighted by Crippen LogP contribution is -2.30. The van der Waals surface area contributed by atoms with Gasteiger partial charge in [0.05, 0.1) is 0 Å². The highest BCUT2D eigenvalue weighted by atomic mass is 16.2. The smallest absolute Gasteiger partial charge is 0.246 e. The number of hydrogen-bond acceptors (Lipinski definition) is 3. The first kappa shape index (κ1) is 19.4. The number of rotatable bonds is 4. The molecule has 4 rings (SSSR count). The maximum atomic E-state index is 12.7. The van der Waals surface area contributed by atoms with E-state index in [0.717, 1.165) is 62.3 Å². The first-order valence-electron chi connectivity index (χ1n) is 10.6. The molecule has 0 spiro atoms. The summed E-state index contributed by atoms with van der Waals surface area (Å²) in [7, 11) is 0. The minimum Gasteiger partial charge on any atom is -0.344 e. The average molecular weight is 388 g/mol. The van der Waals surface area contributed by atoms with Gasteiger partial charge in [-0.05, 0) is 73.3 Å². The van der Waals surface area contributed by atoms with Crippen molar-refractivity contribution in [2.24, 2.45) is 5.92 Å². The molecule has 150 valence electrons. The van der Waals surface area contributed by atoms with Gasteiger partial charge in [-0.15, -0.1) is 0 Å². The first-order valence-corrected chi connectivity index (χ1v) is 10.6. The molecule has 2 aromatic rings. The monoisotopic (exact) mass is 387 g/mol. The van der Waals surface area contributed by atoms with Gasteiger partial charge in [0.15, 0.2) is 0 Å². The van der Waals surface area contributed by atoms with Gasteiger partial charge in [0.2, 0.25) is 5.91 Å². The van der Waals surface area contributed by atoms with Crippen LogP contribution < -0.4 is 5.32 Å². The molecule has 1 amide bonds. The fraction of sp³-hybridized carbons (Fsp3) is 0.360. The number of aryl methyl sites for hydroxylation is 1. The van der Waals surface area contributed by atoms with E-state index in [1.165, 1.54) is 17.5 Å². The van der Waals surface area contributed by atoms with Crippen LogP contribution in [0, 0.1) is 5.92 Å². The van der Waals surface area contributed by atoms with Crippen LogP contribution in [0.25, 0.3) is 6.08 Å². The third-order valence-corrected chi connectivity index (χ3v) is 5.92. The first-order chi connectivity index (χ1) is 14.2. The molecular formula is C25H29N3O. The SMILES string of the molecule is C=C1CCc2cc(/C=C/C(=O)N3CCCC(Cc4ccccc4)CC3)cnc2N1. The van der Waals surface area contributed by atoms with E-state index >= 15 is 0 Å². The van der Waals surface area contributed by atoms with Gasteiger partial charge in [-0.25, -0.2) is 4.98 Å². The third kappa shape index (κ3) is 5.14. The van der Waals surface area contributed by atoms with Crippen LogP contribution in [-0.4, -0.2) is 28.9 Å². The molecule has 3 heterocycles. The predicted octanol–water partition coefficient (Wildman–Crippen LogP) is 4.84. The number of nitrogens with one attached hydrogen (secondary N) is 1. The highest BCUT2D eigenvalue weighted by Crippen LogP contribution is 2.25. The molecule has 1 aromatic heterocycles. The zero-order chi connectivity index (χ0) is 20.1. The van der Waals surface area contributed by atoms with Crippen LogP contribution in [0.15, 0.2) is 60.9 Å². The van der Waals surface area contributed by atoms with Gasteiger partial charge in [0.1, 0.15) is 5.82 Å². The number of allylic oxidation sites excluding steroid dienone is 1. The number of carbonyl (C=O) groups excluding carboxylic acids is 1. The molecule has 0 saturated carbocycles. The van der Waals surface area contributed by atoms with E-state index in [2.05, 4.69) is 53.3 Å². The number of amides is 1. The summed E-state index contributed by atoms with van der Waals surface area (Å²) in [5.74, 6) is 1.66. The van der Waals surface area contributed by atoms with E-state index in [1.807, 2.05) is 17.2 Å². The lowest BCUT2D eigenvalue weighted by atomic mass is 9.93. The fourth-order valence-electron chi connectivity index (χ4n) is 4.25. The number of nitrogens with zero attached hydrogens (tertiary/aromatic N) is 2.